The number of carbonyl (C=O) groups is 2. The van der Waals surface area contributed by atoms with Crippen molar-refractivity contribution < 1.29 is 19.4 Å². The third kappa shape index (κ3) is 1.81. The summed E-state index contributed by atoms with van der Waals surface area (Å²) in [7, 11) is 0. The van der Waals surface area contributed by atoms with Crippen LogP contribution in [0.15, 0.2) is 24.3 Å². The maximum atomic E-state index is 11.4. The van der Waals surface area contributed by atoms with Gasteiger partial charge in [0.2, 0.25) is 0 Å². The Morgan fingerprint density at radius 3 is 2.62 bits per heavy atom. The second-order valence-electron chi connectivity index (χ2n) is 3.30. The number of nitrogens with zero attached hydrogens (tertiary/aromatic N) is 1. The highest BCUT2D eigenvalue weighted by molar-refractivity contribution is 6.30. The topological polar surface area (TPSA) is 66.8 Å². The van der Waals surface area contributed by atoms with Crippen molar-refractivity contribution in [2.75, 3.05) is 6.73 Å². The molecule has 1 aromatic rings. The molecule has 1 atom stereocenters. The van der Waals surface area contributed by atoms with Gasteiger partial charge < -0.3 is 9.84 Å². The molecule has 1 saturated heterocycles. The smallest absolute Gasteiger partial charge is 0.411 e. The number of halogens is 1. The van der Waals surface area contributed by atoms with Crippen molar-refractivity contribution in [3.63, 3.8) is 0 Å². The van der Waals surface area contributed by atoms with Gasteiger partial charge in [0.15, 0.2) is 12.8 Å². The Morgan fingerprint density at radius 1 is 1.44 bits per heavy atom. The Kier molecular flexibility index (Phi) is 2.70. The molecule has 16 heavy (non-hydrogen) atoms. The molecule has 0 saturated carbocycles. The maximum absolute atomic E-state index is 11.4. The minimum atomic E-state index is -1.19. The van der Waals surface area contributed by atoms with Crippen LogP contribution in [0.4, 0.5) is 4.79 Å². The summed E-state index contributed by atoms with van der Waals surface area (Å²) in [6.07, 6.45) is -1.19. The van der Waals surface area contributed by atoms with Crippen LogP contribution < -0.4 is 0 Å². The van der Waals surface area contributed by atoms with Crippen molar-refractivity contribution in [3.8, 4) is 0 Å². The Bertz CT molecular complexity index is 431. The lowest BCUT2D eigenvalue weighted by Crippen LogP contribution is -2.30. The van der Waals surface area contributed by atoms with Gasteiger partial charge >= 0.3 is 12.1 Å². The van der Waals surface area contributed by atoms with Gasteiger partial charge in [0.1, 0.15) is 0 Å². The van der Waals surface area contributed by atoms with Gasteiger partial charge in [0.05, 0.1) is 0 Å². The van der Waals surface area contributed by atoms with E-state index in [2.05, 4.69) is 0 Å². The lowest BCUT2D eigenvalue weighted by Gasteiger charge is -2.16. The monoisotopic (exact) mass is 241 g/mol. The van der Waals surface area contributed by atoms with E-state index in [4.69, 9.17) is 21.4 Å². The number of rotatable bonds is 1. The molecule has 1 aliphatic heterocycles. The van der Waals surface area contributed by atoms with Crippen LogP contribution in [0.3, 0.4) is 0 Å². The molecule has 1 fully saturated rings. The largest absolute Gasteiger partial charge is 0.465 e. The molecule has 1 aliphatic rings. The average Bonchev–Trinajstić information content (AvgIpc) is 2.62. The number of ether oxygens (including phenoxy) is 1. The molecule has 0 radical (unpaired) electrons. The SMILES string of the molecule is O=C1OCN(C(=O)O)[C@H]1c1ccc(Cl)cc1. The summed E-state index contributed by atoms with van der Waals surface area (Å²) in [6, 6.07) is 5.52. The molecule has 0 aliphatic carbocycles. The van der Waals surface area contributed by atoms with Crippen molar-refractivity contribution in [3.05, 3.63) is 34.9 Å². The second-order valence-corrected chi connectivity index (χ2v) is 3.74. The number of cyclic esters (lactones) is 1. The van der Waals surface area contributed by atoms with Gasteiger partial charge in [-0.3, -0.25) is 4.90 Å². The Balaban J connectivity index is 2.33. The highest BCUT2D eigenvalue weighted by Crippen LogP contribution is 2.28. The lowest BCUT2D eigenvalue weighted by molar-refractivity contribution is -0.139. The number of amides is 1. The highest BCUT2D eigenvalue weighted by atomic mass is 35.5. The minimum absolute atomic E-state index is 0.235. The predicted octanol–water partition coefficient (Wildman–Crippen LogP) is 1.88. The molecule has 0 unspecified atom stereocenters. The van der Waals surface area contributed by atoms with Gasteiger partial charge in [0.25, 0.3) is 0 Å². The van der Waals surface area contributed by atoms with E-state index in [9.17, 15) is 9.59 Å². The van der Waals surface area contributed by atoms with E-state index in [1.54, 1.807) is 24.3 Å². The average molecular weight is 242 g/mol. The molecule has 1 amide bonds. The van der Waals surface area contributed by atoms with Crippen LogP contribution in [0.25, 0.3) is 0 Å². The first kappa shape index (κ1) is 10.8. The Hall–Kier alpha value is -1.75. The quantitative estimate of drug-likeness (QED) is 0.763. The molecular formula is C10H8ClNO4. The molecule has 0 aromatic heterocycles. The molecule has 0 spiro atoms. The zero-order valence-electron chi connectivity index (χ0n) is 8.09. The summed E-state index contributed by atoms with van der Waals surface area (Å²) in [5, 5.41) is 9.41. The van der Waals surface area contributed by atoms with E-state index in [1.807, 2.05) is 0 Å². The van der Waals surface area contributed by atoms with Gasteiger partial charge in [-0.05, 0) is 17.7 Å². The van der Waals surface area contributed by atoms with Crippen molar-refractivity contribution in [2.45, 2.75) is 6.04 Å². The van der Waals surface area contributed by atoms with E-state index in [0.29, 0.717) is 10.6 Å². The summed E-state index contributed by atoms with van der Waals surface area (Å²) in [4.78, 5) is 23.2. The first-order valence-corrected chi connectivity index (χ1v) is 4.89. The fourth-order valence-corrected chi connectivity index (χ4v) is 1.67. The molecule has 1 aromatic carbocycles. The van der Waals surface area contributed by atoms with E-state index >= 15 is 0 Å². The molecular weight excluding hydrogens is 234 g/mol. The van der Waals surface area contributed by atoms with Crippen molar-refractivity contribution in [2.24, 2.45) is 0 Å². The normalized spacial score (nSPS) is 19.7. The third-order valence-electron chi connectivity index (χ3n) is 2.31. The molecule has 6 heteroatoms. The second kappa shape index (κ2) is 4.02. The molecule has 1 heterocycles. The number of esters is 1. The van der Waals surface area contributed by atoms with Crippen LogP contribution in [0.2, 0.25) is 5.02 Å². The third-order valence-corrected chi connectivity index (χ3v) is 2.56. The van der Waals surface area contributed by atoms with Gasteiger partial charge in [-0.25, -0.2) is 9.59 Å². The van der Waals surface area contributed by atoms with Gasteiger partial charge in [-0.2, -0.15) is 0 Å². The van der Waals surface area contributed by atoms with E-state index < -0.39 is 18.1 Å². The van der Waals surface area contributed by atoms with Crippen LogP contribution in [-0.2, 0) is 9.53 Å². The molecule has 0 bridgehead atoms. The van der Waals surface area contributed by atoms with E-state index in [0.717, 1.165) is 4.90 Å². The fourth-order valence-electron chi connectivity index (χ4n) is 1.54. The summed E-state index contributed by atoms with van der Waals surface area (Å²) in [5.74, 6) is -0.565. The van der Waals surface area contributed by atoms with Crippen LogP contribution >= 0.6 is 11.6 Å². The first-order valence-electron chi connectivity index (χ1n) is 4.51. The number of benzene rings is 1. The van der Waals surface area contributed by atoms with Gasteiger partial charge in [-0.1, -0.05) is 23.7 Å². The minimum Gasteiger partial charge on any atom is -0.465 e. The lowest BCUT2D eigenvalue weighted by atomic mass is 10.1. The van der Waals surface area contributed by atoms with Crippen LogP contribution in [0.1, 0.15) is 11.6 Å². The van der Waals surface area contributed by atoms with Gasteiger partial charge in [0, 0.05) is 5.02 Å². The van der Waals surface area contributed by atoms with Crippen molar-refractivity contribution in [1.29, 1.82) is 0 Å². The van der Waals surface area contributed by atoms with Gasteiger partial charge in [-0.15, -0.1) is 0 Å². The molecule has 5 nitrogen and oxygen atoms in total. The summed E-state index contributed by atoms with van der Waals surface area (Å²) in [6.45, 7) is -0.235. The highest BCUT2D eigenvalue weighted by Gasteiger charge is 2.38. The first-order chi connectivity index (χ1) is 7.59. The van der Waals surface area contributed by atoms with Crippen molar-refractivity contribution in [1.82, 2.24) is 4.90 Å². The summed E-state index contributed by atoms with van der Waals surface area (Å²) in [5.41, 5.74) is 0.550. The van der Waals surface area contributed by atoms with Crippen LogP contribution in [0.5, 0.6) is 0 Å². The van der Waals surface area contributed by atoms with E-state index in [1.165, 1.54) is 0 Å². The standard InChI is InChI=1S/C10H8ClNO4/c11-7-3-1-6(2-4-7)8-9(13)16-5-12(8)10(14)15/h1-4,8H,5H2,(H,14,15)/t8-/m0/s1. The zero-order chi connectivity index (χ0) is 11.7. The number of hydrogen-bond donors (Lipinski definition) is 1. The van der Waals surface area contributed by atoms with Crippen LogP contribution in [-0.4, -0.2) is 28.8 Å². The fraction of sp³-hybridized carbons (Fsp3) is 0.200. The number of carboxylic acid groups (broad SMARTS) is 1. The van der Waals surface area contributed by atoms with E-state index in [-0.39, 0.29) is 6.73 Å². The zero-order valence-corrected chi connectivity index (χ0v) is 8.85. The van der Waals surface area contributed by atoms with Crippen molar-refractivity contribution >= 4 is 23.7 Å². The summed E-state index contributed by atoms with van der Waals surface area (Å²) < 4.78 is 4.70. The number of carbonyl (C=O) groups excluding carboxylic acids is 1. The molecule has 84 valence electrons. The Morgan fingerprint density at radius 2 is 2.06 bits per heavy atom. The molecule has 1 N–H and O–H groups in total. The Labute approximate surface area is 96.2 Å². The number of hydrogen-bond acceptors (Lipinski definition) is 3. The molecule has 2 rings (SSSR count). The van der Waals surface area contributed by atoms with Crippen LogP contribution in [0, 0.1) is 0 Å². The predicted molar refractivity (Wildman–Crippen MR) is 55.0 cm³/mol. The maximum Gasteiger partial charge on any atom is 0.411 e. The summed E-state index contributed by atoms with van der Waals surface area (Å²) >= 11 is 5.71.